The number of hydrogen-bond donors (Lipinski definition) is 0. The Balaban J connectivity index is 1.72. The van der Waals surface area contributed by atoms with Crippen LogP contribution in [0.25, 0.3) is 0 Å². The highest BCUT2D eigenvalue weighted by atomic mass is 19.1. The lowest BCUT2D eigenvalue weighted by molar-refractivity contribution is -0.145. The van der Waals surface area contributed by atoms with Crippen LogP contribution in [0, 0.1) is 5.82 Å². The summed E-state index contributed by atoms with van der Waals surface area (Å²) in [5.41, 5.74) is 1.59. The molecular weight excluding hydrogens is 263 g/mol. The third-order valence-electron chi connectivity index (χ3n) is 3.65. The van der Waals surface area contributed by atoms with E-state index in [1.165, 1.54) is 17.0 Å². The van der Waals surface area contributed by atoms with Gasteiger partial charge >= 0.3 is 0 Å². The van der Waals surface area contributed by atoms with Crippen LogP contribution in [0.15, 0.2) is 18.2 Å². The van der Waals surface area contributed by atoms with Gasteiger partial charge in [-0.25, -0.2) is 4.39 Å². The minimum absolute atomic E-state index is 0.0368. The van der Waals surface area contributed by atoms with Gasteiger partial charge in [0.15, 0.2) is 0 Å². The van der Waals surface area contributed by atoms with E-state index < -0.39 is 0 Å². The fraction of sp³-hybridized carbons (Fsp3) is 0.429. The summed E-state index contributed by atoms with van der Waals surface area (Å²) in [6.45, 7) is 1.53. The van der Waals surface area contributed by atoms with Crippen LogP contribution in [0.2, 0.25) is 0 Å². The van der Waals surface area contributed by atoms with Gasteiger partial charge < -0.3 is 14.5 Å². The molecule has 0 aliphatic carbocycles. The summed E-state index contributed by atoms with van der Waals surface area (Å²) in [7, 11) is 0. The maximum absolute atomic E-state index is 13.1. The van der Waals surface area contributed by atoms with Crippen LogP contribution in [0.5, 0.6) is 0 Å². The predicted molar refractivity (Wildman–Crippen MR) is 69.9 cm³/mol. The summed E-state index contributed by atoms with van der Waals surface area (Å²) in [4.78, 5) is 27.0. The molecule has 0 aromatic heterocycles. The zero-order valence-corrected chi connectivity index (χ0v) is 11.0. The molecule has 0 radical (unpaired) electrons. The van der Waals surface area contributed by atoms with Crippen molar-refractivity contribution >= 4 is 17.5 Å². The molecular formula is C14H15FN2O3. The lowest BCUT2D eigenvalue weighted by atomic mass is 10.2. The van der Waals surface area contributed by atoms with Crippen molar-refractivity contribution in [3.63, 3.8) is 0 Å². The first-order chi connectivity index (χ1) is 9.65. The molecule has 0 N–H and O–H groups in total. The number of amides is 2. The van der Waals surface area contributed by atoms with Gasteiger partial charge in [0.05, 0.1) is 6.61 Å². The van der Waals surface area contributed by atoms with E-state index in [4.69, 9.17) is 4.74 Å². The van der Waals surface area contributed by atoms with Crippen molar-refractivity contribution in [3.05, 3.63) is 29.6 Å². The van der Waals surface area contributed by atoms with Crippen LogP contribution < -0.4 is 4.90 Å². The smallest absolute Gasteiger partial charge is 0.249 e. The molecule has 2 aliphatic rings. The normalized spacial score (nSPS) is 18.4. The minimum Gasteiger partial charge on any atom is -0.370 e. The number of nitrogens with zero attached hydrogens (tertiary/aromatic N) is 2. The van der Waals surface area contributed by atoms with Crippen LogP contribution in [0.4, 0.5) is 10.1 Å². The van der Waals surface area contributed by atoms with Gasteiger partial charge in [0.2, 0.25) is 11.8 Å². The van der Waals surface area contributed by atoms with Gasteiger partial charge in [-0.2, -0.15) is 0 Å². The fourth-order valence-electron chi connectivity index (χ4n) is 2.60. The number of ether oxygens (including phenoxy) is 1. The molecule has 6 heteroatoms. The first-order valence-electron chi connectivity index (χ1n) is 6.59. The van der Waals surface area contributed by atoms with Crippen molar-refractivity contribution in [2.75, 3.05) is 37.7 Å². The Kier molecular flexibility index (Phi) is 3.40. The average molecular weight is 278 g/mol. The van der Waals surface area contributed by atoms with Gasteiger partial charge in [-0.05, 0) is 30.2 Å². The summed E-state index contributed by atoms with van der Waals surface area (Å²) < 4.78 is 18.2. The van der Waals surface area contributed by atoms with Crippen LogP contribution in [-0.4, -0.2) is 49.6 Å². The second-order valence-corrected chi connectivity index (χ2v) is 4.94. The number of halogens is 1. The van der Waals surface area contributed by atoms with E-state index in [2.05, 4.69) is 0 Å². The Hall–Kier alpha value is -1.95. The quantitative estimate of drug-likeness (QED) is 0.795. The molecule has 1 aromatic rings. The lowest BCUT2D eigenvalue weighted by Gasteiger charge is -2.28. The molecule has 0 unspecified atom stereocenters. The Morgan fingerprint density at radius 2 is 2.20 bits per heavy atom. The highest BCUT2D eigenvalue weighted by Gasteiger charge is 2.28. The van der Waals surface area contributed by atoms with Gasteiger partial charge in [0.1, 0.15) is 19.0 Å². The number of morpholine rings is 1. The Morgan fingerprint density at radius 1 is 1.35 bits per heavy atom. The molecule has 1 fully saturated rings. The predicted octanol–water partition coefficient (Wildman–Crippen LogP) is 0.574. The summed E-state index contributed by atoms with van der Waals surface area (Å²) in [6.07, 6.45) is 0.649. The Bertz CT molecular complexity index is 561. The maximum Gasteiger partial charge on any atom is 0.249 e. The van der Waals surface area contributed by atoms with Crippen molar-refractivity contribution < 1.29 is 18.7 Å². The van der Waals surface area contributed by atoms with Crippen molar-refractivity contribution in [2.24, 2.45) is 0 Å². The number of rotatable bonds is 2. The molecule has 1 saturated heterocycles. The molecule has 2 aliphatic heterocycles. The Labute approximate surface area is 115 Å². The van der Waals surface area contributed by atoms with Crippen molar-refractivity contribution in [1.29, 1.82) is 0 Å². The molecule has 20 heavy (non-hydrogen) atoms. The summed E-state index contributed by atoms with van der Waals surface area (Å²) in [5.74, 6) is -0.588. The van der Waals surface area contributed by atoms with E-state index in [0.29, 0.717) is 26.1 Å². The highest BCUT2D eigenvalue weighted by Crippen LogP contribution is 2.28. The van der Waals surface area contributed by atoms with E-state index in [0.717, 1.165) is 11.3 Å². The van der Waals surface area contributed by atoms with E-state index in [9.17, 15) is 14.0 Å². The molecule has 3 rings (SSSR count). The summed E-state index contributed by atoms with van der Waals surface area (Å²) in [6, 6.07) is 4.43. The fourth-order valence-corrected chi connectivity index (χ4v) is 2.60. The first-order valence-corrected chi connectivity index (χ1v) is 6.59. The first kappa shape index (κ1) is 13.1. The van der Waals surface area contributed by atoms with Crippen molar-refractivity contribution in [3.8, 4) is 0 Å². The minimum atomic E-state index is -0.290. The largest absolute Gasteiger partial charge is 0.370 e. The van der Waals surface area contributed by atoms with E-state index >= 15 is 0 Å². The molecule has 5 nitrogen and oxygen atoms in total. The standard InChI is InChI=1S/C14H15FN2O3/c15-11-1-2-12-10(7-11)3-4-17(12)13(18)8-16-5-6-20-9-14(16)19/h1-2,7H,3-6,8-9H2. The Morgan fingerprint density at radius 3 is 3.00 bits per heavy atom. The van der Waals surface area contributed by atoms with Crippen LogP contribution >= 0.6 is 0 Å². The van der Waals surface area contributed by atoms with Crippen molar-refractivity contribution in [1.82, 2.24) is 4.90 Å². The zero-order valence-electron chi connectivity index (χ0n) is 11.0. The second-order valence-electron chi connectivity index (χ2n) is 4.94. The molecule has 0 bridgehead atoms. The third kappa shape index (κ3) is 2.38. The second kappa shape index (κ2) is 5.20. The van der Waals surface area contributed by atoms with Crippen LogP contribution in [0.1, 0.15) is 5.56 Å². The van der Waals surface area contributed by atoms with Gasteiger partial charge in [-0.1, -0.05) is 0 Å². The van der Waals surface area contributed by atoms with E-state index in [1.54, 1.807) is 11.0 Å². The number of benzene rings is 1. The van der Waals surface area contributed by atoms with Crippen LogP contribution in [0.3, 0.4) is 0 Å². The average Bonchev–Trinajstić information content (AvgIpc) is 2.84. The topological polar surface area (TPSA) is 49.9 Å². The molecule has 0 spiro atoms. The van der Waals surface area contributed by atoms with Gasteiger partial charge in [-0.15, -0.1) is 0 Å². The van der Waals surface area contributed by atoms with Gasteiger partial charge in [0.25, 0.3) is 0 Å². The molecule has 0 saturated carbocycles. The van der Waals surface area contributed by atoms with E-state index in [-0.39, 0.29) is 30.8 Å². The zero-order chi connectivity index (χ0) is 14.1. The van der Waals surface area contributed by atoms with Crippen LogP contribution in [-0.2, 0) is 20.7 Å². The number of hydrogen-bond acceptors (Lipinski definition) is 3. The molecule has 2 heterocycles. The van der Waals surface area contributed by atoms with Gasteiger partial charge in [0, 0.05) is 18.8 Å². The lowest BCUT2D eigenvalue weighted by Crippen LogP contribution is -2.47. The number of anilines is 1. The summed E-state index contributed by atoms with van der Waals surface area (Å²) >= 11 is 0. The highest BCUT2D eigenvalue weighted by molar-refractivity contribution is 5.98. The number of carbonyl (C=O) groups excluding carboxylic acids is 2. The summed E-state index contributed by atoms with van der Waals surface area (Å²) in [5, 5.41) is 0. The van der Waals surface area contributed by atoms with E-state index in [1.807, 2.05) is 0 Å². The number of carbonyl (C=O) groups is 2. The monoisotopic (exact) mass is 278 g/mol. The molecule has 1 aromatic carbocycles. The van der Waals surface area contributed by atoms with Gasteiger partial charge in [-0.3, -0.25) is 9.59 Å². The molecule has 106 valence electrons. The van der Waals surface area contributed by atoms with Crippen molar-refractivity contribution in [2.45, 2.75) is 6.42 Å². The molecule has 0 atom stereocenters. The third-order valence-corrected chi connectivity index (χ3v) is 3.65. The molecule has 2 amide bonds. The maximum atomic E-state index is 13.1. The SMILES string of the molecule is O=C1COCCN1CC(=O)N1CCc2cc(F)ccc21. The number of fused-ring (bicyclic) bond motifs is 1.